The molecule has 1 aromatic carbocycles. The molecule has 0 unspecified atom stereocenters. The maximum atomic E-state index is 13.5. The van der Waals surface area contributed by atoms with Gasteiger partial charge in [-0.15, -0.1) is 0 Å². The summed E-state index contributed by atoms with van der Waals surface area (Å²) < 4.78 is 18.3. The van der Waals surface area contributed by atoms with E-state index in [1.165, 1.54) is 12.1 Å². The molecule has 2 rings (SSSR count). The maximum absolute atomic E-state index is 13.5. The Morgan fingerprint density at radius 3 is 2.78 bits per heavy atom. The second-order valence-corrected chi connectivity index (χ2v) is 4.05. The van der Waals surface area contributed by atoms with E-state index >= 15 is 0 Å². The van der Waals surface area contributed by atoms with E-state index in [0.29, 0.717) is 11.3 Å². The van der Waals surface area contributed by atoms with Crippen molar-refractivity contribution in [2.75, 3.05) is 0 Å². The van der Waals surface area contributed by atoms with Crippen LogP contribution in [-0.2, 0) is 0 Å². The number of carbonyl (C=O) groups is 1. The van der Waals surface area contributed by atoms with Gasteiger partial charge in [-0.1, -0.05) is 23.4 Å². The van der Waals surface area contributed by atoms with E-state index in [1.54, 1.807) is 32.0 Å². The van der Waals surface area contributed by atoms with Gasteiger partial charge in [-0.25, -0.2) is 4.39 Å². The lowest BCUT2D eigenvalue weighted by atomic mass is 10.1. The van der Waals surface area contributed by atoms with Gasteiger partial charge in [-0.05, 0) is 19.9 Å². The number of amides is 1. The van der Waals surface area contributed by atoms with Crippen LogP contribution in [-0.4, -0.2) is 11.1 Å². The first-order chi connectivity index (χ1) is 8.58. The van der Waals surface area contributed by atoms with Crippen molar-refractivity contribution >= 4 is 5.91 Å². The molecule has 0 fully saturated rings. The molecule has 0 bridgehead atoms. The molecule has 0 spiro atoms. The van der Waals surface area contributed by atoms with Crippen LogP contribution in [0.1, 0.15) is 34.8 Å². The third kappa shape index (κ3) is 2.56. The Kier molecular flexibility index (Phi) is 3.41. The molecule has 18 heavy (non-hydrogen) atoms. The monoisotopic (exact) mass is 248 g/mol. The van der Waals surface area contributed by atoms with Crippen molar-refractivity contribution in [3.63, 3.8) is 0 Å². The molecule has 94 valence electrons. The molecule has 1 heterocycles. The van der Waals surface area contributed by atoms with E-state index in [1.807, 2.05) is 0 Å². The number of aryl methyl sites for hydroxylation is 1. The van der Waals surface area contributed by atoms with Gasteiger partial charge in [-0.2, -0.15) is 0 Å². The van der Waals surface area contributed by atoms with E-state index in [9.17, 15) is 9.18 Å². The molecule has 5 heteroatoms. The lowest BCUT2D eigenvalue weighted by Crippen LogP contribution is -2.26. The molecule has 4 nitrogen and oxygen atoms in total. The van der Waals surface area contributed by atoms with Gasteiger partial charge in [0.1, 0.15) is 5.82 Å². The highest BCUT2D eigenvalue weighted by Gasteiger charge is 2.17. The fourth-order valence-corrected chi connectivity index (χ4v) is 1.64. The van der Waals surface area contributed by atoms with Crippen LogP contribution in [0, 0.1) is 12.7 Å². The van der Waals surface area contributed by atoms with Gasteiger partial charge in [0.05, 0.1) is 11.7 Å². The van der Waals surface area contributed by atoms with Gasteiger partial charge >= 0.3 is 0 Å². The van der Waals surface area contributed by atoms with Crippen molar-refractivity contribution in [2.45, 2.75) is 19.9 Å². The Morgan fingerprint density at radius 1 is 1.44 bits per heavy atom. The van der Waals surface area contributed by atoms with Gasteiger partial charge in [0.25, 0.3) is 5.91 Å². The minimum atomic E-state index is -0.441. The fourth-order valence-electron chi connectivity index (χ4n) is 1.64. The third-order valence-electron chi connectivity index (χ3n) is 2.57. The first-order valence-electron chi connectivity index (χ1n) is 5.56. The van der Waals surface area contributed by atoms with Crippen LogP contribution in [0.3, 0.4) is 0 Å². The maximum Gasteiger partial charge on any atom is 0.290 e. The zero-order valence-electron chi connectivity index (χ0n) is 10.1. The van der Waals surface area contributed by atoms with Crippen LogP contribution >= 0.6 is 0 Å². The Morgan fingerprint density at radius 2 is 2.17 bits per heavy atom. The number of benzene rings is 1. The number of halogens is 1. The summed E-state index contributed by atoms with van der Waals surface area (Å²) in [5.41, 5.74) is 1.06. The van der Waals surface area contributed by atoms with Crippen LogP contribution in [0.5, 0.6) is 0 Å². The SMILES string of the molecule is Cc1cc(C(=O)N[C@@H](C)c2ccccc2F)on1. The molecule has 1 amide bonds. The van der Waals surface area contributed by atoms with Crippen molar-refractivity contribution < 1.29 is 13.7 Å². The average molecular weight is 248 g/mol. The van der Waals surface area contributed by atoms with E-state index in [4.69, 9.17) is 4.52 Å². The quantitative estimate of drug-likeness (QED) is 0.908. The Bertz CT molecular complexity index is 566. The van der Waals surface area contributed by atoms with Crippen molar-refractivity contribution in [1.29, 1.82) is 0 Å². The Hall–Kier alpha value is -2.17. The molecule has 0 aliphatic carbocycles. The van der Waals surface area contributed by atoms with Crippen LogP contribution in [0.4, 0.5) is 4.39 Å². The van der Waals surface area contributed by atoms with Crippen molar-refractivity contribution in [1.82, 2.24) is 10.5 Å². The van der Waals surface area contributed by atoms with Crippen LogP contribution in [0.15, 0.2) is 34.9 Å². The van der Waals surface area contributed by atoms with Crippen LogP contribution < -0.4 is 5.32 Å². The molecule has 1 N–H and O–H groups in total. The number of nitrogens with zero attached hydrogens (tertiary/aromatic N) is 1. The molecule has 0 saturated heterocycles. The number of rotatable bonds is 3. The van der Waals surface area contributed by atoms with E-state index < -0.39 is 11.9 Å². The highest BCUT2D eigenvalue weighted by atomic mass is 19.1. The first kappa shape index (κ1) is 12.3. The second kappa shape index (κ2) is 5.00. The Labute approximate surface area is 104 Å². The molecule has 1 aromatic heterocycles. The molecule has 0 radical (unpaired) electrons. The third-order valence-corrected chi connectivity index (χ3v) is 2.57. The van der Waals surface area contributed by atoms with Crippen molar-refractivity contribution in [3.8, 4) is 0 Å². The van der Waals surface area contributed by atoms with Gasteiger partial charge in [0.15, 0.2) is 0 Å². The zero-order chi connectivity index (χ0) is 13.1. The van der Waals surface area contributed by atoms with Crippen molar-refractivity contribution in [2.24, 2.45) is 0 Å². The lowest BCUT2D eigenvalue weighted by molar-refractivity contribution is 0.0902. The Balaban J connectivity index is 2.10. The van der Waals surface area contributed by atoms with Crippen molar-refractivity contribution in [3.05, 3.63) is 53.2 Å². The van der Waals surface area contributed by atoms with Crippen LogP contribution in [0.25, 0.3) is 0 Å². The smallest absolute Gasteiger partial charge is 0.290 e. The van der Waals surface area contributed by atoms with Crippen LogP contribution in [0.2, 0.25) is 0 Å². The average Bonchev–Trinajstić information content (AvgIpc) is 2.76. The zero-order valence-corrected chi connectivity index (χ0v) is 10.1. The standard InChI is InChI=1S/C13H13FN2O2/c1-8-7-12(18-16-8)13(17)15-9(2)10-5-3-4-6-11(10)14/h3-7,9H,1-2H3,(H,15,17)/t9-/m0/s1. The molecular weight excluding hydrogens is 235 g/mol. The number of hydrogen-bond donors (Lipinski definition) is 1. The van der Waals surface area contributed by atoms with Gasteiger partial charge < -0.3 is 9.84 Å². The summed E-state index contributed by atoms with van der Waals surface area (Å²) in [6.07, 6.45) is 0. The molecule has 1 atom stereocenters. The molecule has 2 aromatic rings. The van der Waals surface area contributed by atoms with E-state index in [0.717, 1.165) is 0 Å². The summed E-state index contributed by atoms with van der Waals surface area (Å²) in [4.78, 5) is 11.8. The van der Waals surface area contributed by atoms with E-state index in [-0.39, 0.29) is 11.6 Å². The number of hydrogen-bond acceptors (Lipinski definition) is 3. The van der Waals surface area contributed by atoms with E-state index in [2.05, 4.69) is 10.5 Å². The summed E-state index contributed by atoms with van der Waals surface area (Å²) in [7, 11) is 0. The molecule has 0 saturated carbocycles. The first-order valence-corrected chi connectivity index (χ1v) is 5.56. The summed E-state index contributed by atoms with van der Waals surface area (Å²) in [5, 5.41) is 6.28. The predicted octanol–water partition coefficient (Wildman–Crippen LogP) is 2.61. The topological polar surface area (TPSA) is 55.1 Å². The minimum Gasteiger partial charge on any atom is -0.351 e. The highest BCUT2D eigenvalue weighted by Crippen LogP contribution is 2.16. The summed E-state index contributed by atoms with van der Waals surface area (Å²) >= 11 is 0. The fraction of sp³-hybridized carbons (Fsp3) is 0.231. The minimum absolute atomic E-state index is 0.121. The van der Waals surface area contributed by atoms with Gasteiger partial charge in [-0.3, -0.25) is 4.79 Å². The number of carbonyl (C=O) groups excluding carboxylic acids is 1. The second-order valence-electron chi connectivity index (χ2n) is 4.05. The summed E-state index contributed by atoms with van der Waals surface area (Å²) in [6, 6.07) is 7.41. The number of nitrogens with one attached hydrogen (secondary N) is 1. The molecule has 0 aliphatic rings. The summed E-state index contributed by atoms with van der Waals surface area (Å²) in [5.74, 6) is -0.638. The molecular formula is C13H13FN2O2. The lowest BCUT2D eigenvalue weighted by Gasteiger charge is -2.13. The van der Waals surface area contributed by atoms with Gasteiger partial charge in [0, 0.05) is 11.6 Å². The highest BCUT2D eigenvalue weighted by molar-refractivity contribution is 5.91. The largest absolute Gasteiger partial charge is 0.351 e. The number of aromatic nitrogens is 1. The van der Waals surface area contributed by atoms with Gasteiger partial charge in [0.2, 0.25) is 5.76 Å². The predicted molar refractivity (Wildman–Crippen MR) is 63.5 cm³/mol. The summed E-state index contributed by atoms with van der Waals surface area (Å²) in [6.45, 7) is 3.43. The molecule has 0 aliphatic heterocycles. The normalized spacial score (nSPS) is 12.2.